The highest BCUT2D eigenvalue weighted by Gasteiger charge is 2.33. The Morgan fingerprint density at radius 3 is 2.28 bits per heavy atom. The molecule has 0 aromatic rings. The summed E-state index contributed by atoms with van der Waals surface area (Å²) in [6.07, 6.45) is 2.66. The average Bonchev–Trinajstić information content (AvgIpc) is 2.23. The van der Waals surface area contributed by atoms with E-state index in [4.69, 9.17) is 9.66 Å². The Kier molecular flexibility index (Phi) is 7.53. The fourth-order valence-corrected chi connectivity index (χ4v) is 1.85. The molecular formula is C10H18O7S. The first kappa shape index (κ1) is 16.9. The van der Waals surface area contributed by atoms with Gasteiger partial charge in [0.1, 0.15) is 0 Å². The van der Waals surface area contributed by atoms with Gasteiger partial charge in [0.15, 0.2) is 5.25 Å². The molecule has 18 heavy (non-hydrogen) atoms. The summed E-state index contributed by atoms with van der Waals surface area (Å²) >= 11 is 0. The molecule has 2 N–H and O–H groups in total. The van der Waals surface area contributed by atoms with E-state index in [0.717, 1.165) is 19.3 Å². The van der Waals surface area contributed by atoms with Crippen LogP contribution < -0.4 is 0 Å². The van der Waals surface area contributed by atoms with Gasteiger partial charge in [-0.1, -0.05) is 26.2 Å². The van der Waals surface area contributed by atoms with Gasteiger partial charge in [0, 0.05) is 0 Å². The van der Waals surface area contributed by atoms with Crippen molar-refractivity contribution in [2.75, 3.05) is 6.61 Å². The highest BCUT2D eigenvalue weighted by molar-refractivity contribution is 7.87. The number of unbranched alkanes of at least 4 members (excludes halogenated alkanes) is 3. The number of carbonyl (C=O) groups is 2. The van der Waals surface area contributed by atoms with E-state index >= 15 is 0 Å². The van der Waals surface area contributed by atoms with E-state index in [1.165, 1.54) is 0 Å². The third-order valence-corrected chi connectivity index (χ3v) is 3.34. The normalized spacial score (nSPS) is 13.0. The molecule has 1 unspecified atom stereocenters. The lowest BCUT2D eigenvalue weighted by molar-refractivity contribution is -0.147. The third kappa shape index (κ3) is 7.23. The van der Waals surface area contributed by atoms with E-state index in [2.05, 4.69) is 4.74 Å². The number of carboxylic acid groups (broad SMARTS) is 1. The topological polar surface area (TPSA) is 118 Å². The van der Waals surface area contributed by atoms with Crippen LogP contribution in [-0.2, 0) is 24.4 Å². The van der Waals surface area contributed by atoms with Crippen molar-refractivity contribution in [2.45, 2.75) is 44.3 Å². The smallest absolute Gasteiger partial charge is 0.325 e. The summed E-state index contributed by atoms with van der Waals surface area (Å²) in [6.45, 7) is 2.15. The van der Waals surface area contributed by atoms with Gasteiger partial charge in [0.25, 0.3) is 10.1 Å². The number of carboxylic acids is 1. The molecule has 0 aliphatic heterocycles. The van der Waals surface area contributed by atoms with Gasteiger partial charge in [-0.05, 0) is 6.42 Å². The first-order valence-electron chi connectivity index (χ1n) is 5.63. The van der Waals surface area contributed by atoms with Crippen molar-refractivity contribution < 1.29 is 32.4 Å². The Balaban J connectivity index is 4.09. The maximum absolute atomic E-state index is 11.2. The van der Waals surface area contributed by atoms with Gasteiger partial charge >= 0.3 is 11.9 Å². The van der Waals surface area contributed by atoms with E-state index in [1.807, 2.05) is 6.92 Å². The van der Waals surface area contributed by atoms with Crippen molar-refractivity contribution in [1.82, 2.24) is 0 Å². The molecule has 0 heterocycles. The summed E-state index contributed by atoms with van der Waals surface area (Å²) in [6, 6.07) is 0. The third-order valence-electron chi connectivity index (χ3n) is 2.25. The van der Waals surface area contributed by atoms with Crippen molar-refractivity contribution in [3.63, 3.8) is 0 Å². The van der Waals surface area contributed by atoms with E-state index in [1.54, 1.807) is 0 Å². The zero-order valence-corrected chi connectivity index (χ0v) is 11.0. The van der Waals surface area contributed by atoms with Gasteiger partial charge in [0.2, 0.25) is 0 Å². The summed E-state index contributed by atoms with van der Waals surface area (Å²) in [5.74, 6) is -2.73. The van der Waals surface area contributed by atoms with Gasteiger partial charge < -0.3 is 9.84 Å². The summed E-state index contributed by atoms with van der Waals surface area (Å²) in [4.78, 5) is 21.7. The van der Waals surface area contributed by atoms with E-state index < -0.39 is 33.7 Å². The lowest BCUT2D eigenvalue weighted by Crippen LogP contribution is -2.32. The molecule has 0 fully saturated rings. The lowest BCUT2D eigenvalue weighted by Gasteiger charge is -2.09. The number of hydrogen-bond acceptors (Lipinski definition) is 5. The van der Waals surface area contributed by atoms with E-state index in [-0.39, 0.29) is 6.61 Å². The minimum atomic E-state index is -4.80. The van der Waals surface area contributed by atoms with Crippen LogP contribution in [0.15, 0.2) is 0 Å². The van der Waals surface area contributed by atoms with Crippen LogP contribution in [0.25, 0.3) is 0 Å². The Morgan fingerprint density at radius 1 is 1.22 bits per heavy atom. The predicted molar refractivity (Wildman–Crippen MR) is 62.7 cm³/mol. The first-order chi connectivity index (χ1) is 8.29. The van der Waals surface area contributed by atoms with Gasteiger partial charge in [-0.2, -0.15) is 8.42 Å². The van der Waals surface area contributed by atoms with Crippen LogP contribution in [-0.4, -0.2) is 41.9 Å². The maximum atomic E-state index is 11.2. The second-order valence-electron chi connectivity index (χ2n) is 3.83. The number of aliphatic carboxylic acids is 1. The zero-order chi connectivity index (χ0) is 14.2. The van der Waals surface area contributed by atoms with Crippen molar-refractivity contribution in [3.05, 3.63) is 0 Å². The van der Waals surface area contributed by atoms with Crippen LogP contribution in [0.1, 0.15) is 39.0 Å². The number of esters is 1. The summed E-state index contributed by atoms with van der Waals surface area (Å²) in [5, 5.41) is 6.39. The second kappa shape index (κ2) is 8.04. The molecule has 0 aliphatic carbocycles. The molecule has 0 saturated carbocycles. The molecular weight excluding hydrogens is 264 g/mol. The number of ether oxygens (including phenoxy) is 1. The molecule has 106 valence electrons. The van der Waals surface area contributed by atoms with Crippen LogP contribution in [0.5, 0.6) is 0 Å². The van der Waals surface area contributed by atoms with E-state index in [9.17, 15) is 18.0 Å². The Morgan fingerprint density at radius 2 is 1.83 bits per heavy atom. The van der Waals surface area contributed by atoms with Gasteiger partial charge in [-0.15, -0.1) is 0 Å². The molecule has 0 radical (unpaired) electrons. The lowest BCUT2D eigenvalue weighted by atomic mass is 10.2. The molecule has 0 rings (SSSR count). The Hall–Kier alpha value is -1.15. The van der Waals surface area contributed by atoms with E-state index in [0.29, 0.717) is 6.42 Å². The number of hydrogen-bond donors (Lipinski definition) is 2. The van der Waals surface area contributed by atoms with Crippen LogP contribution in [0.3, 0.4) is 0 Å². The van der Waals surface area contributed by atoms with Crippen molar-refractivity contribution >= 4 is 22.1 Å². The fourth-order valence-electron chi connectivity index (χ4n) is 1.25. The molecule has 0 amide bonds. The number of rotatable bonds is 9. The zero-order valence-electron chi connectivity index (χ0n) is 10.2. The summed E-state index contributed by atoms with van der Waals surface area (Å²) < 4.78 is 34.7. The van der Waals surface area contributed by atoms with Crippen molar-refractivity contribution in [1.29, 1.82) is 0 Å². The van der Waals surface area contributed by atoms with Crippen LogP contribution in [0, 0.1) is 0 Å². The second-order valence-corrected chi connectivity index (χ2v) is 5.43. The van der Waals surface area contributed by atoms with Crippen LogP contribution in [0.2, 0.25) is 0 Å². The van der Waals surface area contributed by atoms with Crippen LogP contribution in [0.4, 0.5) is 0 Å². The molecule has 0 aliphatic rings. The van der Waals surface area contributed by atoms with Gasteiger partial charge in [-0.3, -0.25) is 14.1 Å². The Labute approximate surface area is 106 Å². The molecule has 0 saturated heterocycles. The molecule has 0 spiro atoms. The van der Waals surface area contributed by atoms with Gasteiger partial charge in [0.05, 0.1) is 13.0 Å². The first-order valence-corrected chi connectivity index (χ1v) is 7.14. The molecule has 0 bridgehead atoms. The minimum Gasteiger partial charge on any atom is -0.480 e. The standard InChI is InChI=1S/C10H18O7S/c1-2-3-4-5-6-17-9(11)7-8(10(12)13)18(14,15)16/h8H,2-7H2,1H3,(H,12,13)(H,14,15,16). The van der Waals surface area contributed by atoms with Gasteiger partial charge in [-0.25, -0.2) is 0 Å². The molecule has 0 aromatic heterocycles. The average molecular weight is 282 g/mol. The van der Waals surface area contributed by atoms with Crippen molar-refractivity contribution in [2.24, 2.45) is 0 Å². The monoisotopic (exact) mass is 282 g/mol. The summed E-state index contributed by atoms with van der Waals surface area (Å²) in [7, 11) is -4.80. The maximum Gasteiger partial charge on any atom is 0.325 e. The number of carbonyl (C=O) groups excluding carboxylic acids is 1. The SMILES string of the molecule is CCCCCCOC(=O)CC(C(=O)O)S(=O)(=O)O. The molecule has 8 heteroatoms. The quantitative estimate of drug-likeness (QED) is 0.365. The highest BCUT2D eigenvalue weighted by Crippen LogP contribution is 2.07. The fraction of sp³-hybridized carbons (Fsp3) is 0.800. The largest absolute Gasteiger partial charge is 0.480 e. The van der Waals surface area contributed by atoms with Crippen molar-refractivity contribution in [3.8, 4) is 0 Å². The Bertz CT molecular complexity index is 374. The van der Waals surface area contributed by atoms with Crippen LogP contribution >= 0.6 is 0 Å². The highest BCUT2D eigenvalue weighted by atomic mass is 32.2. The minimum absolute atomic E-state index is 0.122. The molecule has 1 atom stereocenters. The summed E-state index contributed by atoms with van der Waals surface area (Å²) in [5.41, 5.74) is 0. The predicted octanol–water partition coefficient (Wildman–Crippen LogP) is 0.841. The molecule has 7 nitrogen and oxygen atoms in total. The molecule has 0 aromatic carbocycles.